The molecule has 10 heavy (non-hydrogen) atoms. The van der Waals surface area contributed by atoms with E-state index in [1.165, 1.54) is 32.5 Å². The molecule has 4 atom stereocenters. The van der Waals surface area contributed by atoms with Crippen LogP contribution in [0.2, 0.25) is 0 Å². The standard InChI is InChI=1S/C8H14N2/c1-2-10-4-6-3-7(5-10)9-8(1)6/h6-9H,1-5H2. The summed E-state index contributed by atoms with van der Waals surface area (Å²) in [6.45, 7) is 4.06. The summed E-state index contributed by atoms with van der Waals surface area (Å²) in [6.07, 6.45) is 2.86. The van der Waals surface area contributed by atoms with Crippen molar-refractivity contribution < 1.29 is 0 Å². The Morgan fingerprint density at radius 1 is 1.30 bits per heavy atom. The molecule has 2 heteroatoms. The van der Waals surface area contributed by atoms with Crippen LogP contribution in [0.3, 0.4) is 0 Å². The summed E-state index contributed by atoms with van der Waals surface area (Å²) in [7, 11) is 0. The highest BCUT2D eigenvalue weighted by molar-refractivity contribution is 5.01. The molecule has 0 aromatic rings. The highest BCUT2D eigenvalue weighted by Crippen LogP contribution is 2.32. The zero-order chi connectivity index (χ0) is 6.55. The van der Waals surface area contributed by atoms with E-state index in [1.54, 1.807) is 0 Å². The number of rotatable bonds is 0. The molecule has 0 aromatic carbocycles. The summed E-state index contributed by atoms with van der Waals surface area (Å²) in [4.78, 5) is 2.62. The zero-order valence-electron chi connectivity index (χ0n) is 6.21. The maximum atomic E-state index is 3.70. The van der Waals surface area contributed by atoms with Gasteiger partial charge in [0.25, 0.3) is 0 Å². The molecule has 3 saturated heterocycles. The van der Waals surface area contributed by atoms with Gasteiger partial charge in [-0.25, -0.2) is 0 Å². The molecule has 3 fully saturated rings. The molecule has 3 heterocycles. The maximum Gasteiger partial charge on any atom is 0.0201 e. The molecule has 0 saturated carbocycles. The van der Waals surface area contributed by atoms with E-state index in [4.69, 9.17) is 0 Å². The Labute approximate surface area is 61.6 Å². The third kappa shape index (κ3) is 0.611. The van der Waals surface area contributed by atoms with E-state index in [1.807, 2.05) is 0 Å². The van der Waals surface area contributed by atoms with Crippen molar-refractivity contribution in [1.82, 2.24) is 10.2 Å². The van der Waals surface area contributed by atoms with Crippen molar-refractivity contribution in [3.05, 3.63) is 0 Å². The van der Waals surface area contributed by atoms with Gasteiger partial charge in [-0.15, -0.1) is 0 Å². The summed E-state index contributed by atoms with van der Waals surface area (Å²) in [5, 5.41) is 3.70. The lowest BCUT2D eigenvalue weighted by molar-refractivity contribution is 0.149. The number of nitrogens with one attached hydrogen (secondary N) is 1. The van der Waals surface area contributed by atoms with E-state index in [2.05, 4.69) is 10.2 Å². The molecular formula is C8H14N2. The minimum atomic E-state index is 0.853. The Balaban J connectivity index is 1.94. The Kier molecular flexibility index (Phi) is 0.968. The van der Waals surface area contributed by atoms with Crippen molar-refractivity contribution >= 4 is 0 Å². The molecule has 3 bridgehead atoms. The molecule has 3 rings (SSSR count). The van der Waals surface area contributed by atoms with E-state index < -0.39 is 0 Å². The number of hydrogen-bond donors (Lipinski definition) is 1. The number of nitrogens with zero attached hydrogens (tertiary/aromatic N) is 1. The Hall–Kier alpha value is -0.0800. The van der Waals surface area contributed by atoms with Gasteiger partial charge in [-0.2, -0.15) is 0 Å². The first kappa shape index (κ1) is 5.56. The molecular weight excluding hydrogens is 124 g/mol. The maximum absolute atomic E-state index is 3.70. The fourth-order valence-electron chi connectivity index (χ4n) is 2.91. The fraction of sp³-hybridized carbons (Fsp3) is 1.00. The first-order valence-electron chi connectivity index (χ1n) is 4.40. The molecule has 0 aromatic heterocycles. The minimum absolute atomic E-state index is 0.853. The molecule has 0 radical (unpaired) electrons. The van der Waals surface area contributed by atoms with Crippen LogP contribution in [-0.4, -0.2) is 36.6 Å². The van der Waals surface area contributed by atoms with Gasteiger partial charge in [0.1, 0.15) is 0 Å². The predicted molar refractivity (Wildman–Crippen MR) is 39.9 cm³/mol. The van der Waals surface area contributed by atoms with E-state index in [9.17, 15) is 0 Å². The fourth-order valence-corrected chi connectivity index (χ4v) is 2.91. The molecule has 2 nitrogen and oxygen atoms in total. The molecule has 4 unspecified atom stereocenters. The number of hydrogen-bond acceptors (Lipinski definition) is 2. The molecule has 3 aliphatic rings. The van der Waals surface area contributed by atoms with Crippen molar-refractivity contribution in [1.29, 1.82) is 0 Å². The second-order valence-electron chi connectivity index (χ2n) is 4.01. The van der Waals surface area contributed by atoms with Crippen molar-refractivity contribution in [3.63, 3.8) is 0 Å². The Morgan fingerprint density at radius 3 is 3.30 bits per heavy atom. The summed E-state index contributed by atoms with van der Waals surface area (Å²) in [5.74, 6) is 1.01. The molecule has 56 valence electrons. The molecule has 0 aliphatic carbocycles. The number of fused-ring (bicyclic) bond motifs is 2. The lowest BCUT2D eigenvalue weighted by atomic mass is 9.89. The van der Waals surface area contributed by atoms with Crippen LogP contribution in [0.4, 0.5) is 0 Å². The third-order valence-electron chi connectivity index (χ3n) is 3.33. The van der Waals surface area contributed by atoms with Crippen LogP contribution < -0.4 is 5.32 Å². The van der Waals surface area contributed by atoms with Gasteiger partial charge in [0.05, 0.1) is 0 Å². The van der Waals surface area contributed by atoms with Gasteiger partial charge < -0.3 is 10.2 Å². The van der Waals surface area contributed by atoms with Crippen molar-refractivity contribution in [2.45, 2.75) is 24.9 Å². The Morgan fingerprint density at radius 2 is 2.30 bits per heavy atom. The van der Waals surface area contributed by atoms with Gasteiger partial charge in [0.2, 0.25) is 0 Å². The second-order valence-corrected chi connectivity index (χ2v) is 4.01. The van der Waals surface area contributed by atoms with Gasteiger partial charge in [-0.1, -0.05) is 0 Å². The first-order valence-corrected chi connectivity index (χ1v) is 4.40. The quantitative estimate of drug-likeness (QED) is 0.509. The van der Waals surface area contributed by atoms with E-state index in [0.29, 0.717) is 0 Å². The Bertz CT molecular complexity index is 147. The van der Waals surface area contributed by atoms with Crippen LogP contribution in [-0.2, 0) is 0 Å². The van der Waals surface area contributed by atoms with Crippen LogP contribution in [0, 0.1) is 5.92 Å². The highest BCUT2D eigenvalue weighted by atomic mass is 15.2. The third-order valence-corrected chi connectivity index (χ3v) is 3.33. The lowest BCUT2D eigenvalue weighted by Crippen LogP contribution is -2.44. The number of piperidine rings is 2. The van der Waals surface area contributed by atoms with E-state index in [0.717, 1.165) is 18.0 Å². The predicted octanol–water partition coefficient (Wildman–Crippen LogP) is 0.0524. The zero-order valence-corrected chi connectivity index (χ0v) is 6.21. The van der Waals surface area contributed by atoms with Crippen LogP contribution in [0.25, 0.3) is 0 Å². The average molecular weight is 138 g/mol. The lowest BCUT2D eigenvalue weighted by Gasteiger charge is -2.35. The van der Waals surface area contributed by atoms with Gasteiger partial charge in [-0.05, 0) is 25.3 Å². The average Bonchev–Trinajstić information content (AvgIpc) is 2.11. The summed E-state index contributed by atoms with van der Waals surface area (Å²) in [6, 6.07) is 1.75. The largest absolute Gasteiger partial charge is 0.310 e. The van der Waals surface area contributed by atoms with Crippen LogP contribution >= 0.6 is 0 Å². The van der Waals surface area contributed by atoms with Gasteiger partial charge in [0, 0.05) is 25.2 Å². The molecule has 0 amide bonds. The summed E-state index contributed by atoms with van der Waals surface area (Å²) in [5.41, 5.74) is 0. The minimum Gasteiger partial charge on any atom is -0.310 e. The van der Waals surface area contributed by atoms with Crippen LogP contribution in [0.1, 0.15) is 12.8 Å². The van der Waals surface area contributed by atoms with Crippen LogP contribution in [0.15, 0.2) is 0 Å². The van der Waals surface area contributed by atoms with Gasteiger partial charge in [0.15, 0.2) is 0 Å². The molecule has 0 spiro atoms. The second kappa shape index (κ2) is 1.74. The first-order chi connectivity index (χ1) is 4.92. The van der Waals surface area contributed by atoms with Crippen molar-refractivity contribution in [3.8, 4) is 0 Å². The molecule has 1 N–H and O–H groups in total. The topological polar surface area (TPSA) is 15.3 Å². The van der Waals surface area contributed by atoms with Gasteiger partial charge in [-0.3, -0.25) is 0 Å². The summed E-state index contributed by atoms with van der Waals surface area (Å²) < 4.78 is 0. The van der Waals surface area contributed by atoms with Crippen molar-refractivity contribution in [2.75, 3.05) is 19.6 Å². The van der Waals surface area contributed by atoms with E-state index in [-0.39, 0.29) is 0 Å². The normalized spacial score (nSPS) is 57.6. The smallest absolute Gasteiger partial charge is 0.0201 e. The van der Waals surface area contributed by atoms with E-state index >= 15 is 0 Å². The van der Waals surface area contributed by atoms with Gasteiger partial charge >= 0.3 is 0 Å². The summed E-state index contributed by atoms with van der Waals surface area (Å²) >= 11 is 0. The molecule has 3 aliphatic heterocycles. The SMILES string of the molecule is C1C2CN3CCC(N2)C1C3. The highest BCUT2D eigenvalue weighted by Gasteiger charge is 2.42. The monoisotopic (exact) mass is 138 g/mol. The van der Waals surface area contributed by atoms with Crippen LogP contribution in [0.5, 0.6) is 0 Å². The van der Waals surface area contributed by atoms with Crippen molar-refractivity contribution in [2.24, 2.45) is 5.92 Å².